The van der Waals surface area contributed by atoms with Crippen LogP contribution >= 0.6 is 0 Å². The zero-order valence-corrected chi connectivity index (χ0v) is 17.9. The maximum Gasteiger partial charge on any atom is 0.336 e. The van der Waals surface area contributed by atoms with E-state index in [9.17, 15) is 19.7 Å². The lowest BCUT2D eigenvalue weighted by molar-refractivity contribution is -0.757. The van der Waals surface area contributed by atoms with Crippen LogP contribution in [0.2, 0.25) is 0 Å². The summed E-state index contributed by atoms with van der Waals surface area (Å²) in [5.41, 5.74) is 2.14. The Bertz CT molecular complexity index is 889. The first kappa shape index (κ1) is 23.9. The van der Waals surface area contributed by atoms with E-state index in [2.05, 4.69) is 15.1 Å². The van der Waals surface area contributed by atoms with Gasteiger partial charge in [-0.25, -0.2) is 14.6 Å². The molecule has 1 aromatic heterocycles. The number of aromatic nitrogens is 2. The molecule has 1 atom stereocenters. The van der Waals surface area contributed by atoms with Crippen molar-refractivity contribution in [2.75, 3.05) is 33.5 Å². The second-order valence-corrected chi connectivity index (χ2v) is 6.74. The lowest BCUT2D eigenvalue weighted by Crippen LogP contribution is -2.33. The van der Waals surface area contributed by atoms with Gasteiger partial charge in [-0.05, 0) is 13.8 Å². The van der Waals surface area contributed by atoms with Crippen LogP contribution in [0, 0.1) is 10.1 Å². The summed E-state index contributed by atoms with van der Waals surface area (Å²) in [6, 6.07) is 0. The topological polar surface area (TPSA) is 144 Å². The van der Waals surface area contributed by atoms with Crippen molar-refractivity contribution in [1.82, 2.24) is 14.9 Å². The van der Waals surface area contributed by atoms with Crippen molar-refractivity contribution >= 4 is 11.9 Å². The average Bonchev–Trinajstić information content (AvgIpc) is 3.12. The number of ether oxygens (including phenoxy) is 3. The molecule has 0 aliphatic carbocycles. The fraction of sp³-hybridized carbons (Fsp3) is 0.526. The van der Waals surface area contributed by atoms with E-state index in [4.69, 9.17) is 14.2 Å². The van der Waals surface area contributed by atoms with E-state index in [1.54, 1.807) is 38.0 Å². The predicted octanol–water partition coefficient (Wildman–Crippen LogP) is 0.986. The number of carbonyl (C=O) groups excluding carboxylic acids is 2. The summed E-state index contributed by atoms with van der Waals surface area (Å²) in [6.07, 6.45) is 3.27. The Kier molecular flexibility index (Phi) is 8.55. The molecule has 0 saturated carbocycles. The van der Waals surface area contributed by atoms with E-state index < -0.39 is 22.9 Å². The van der Waals surface area contributed by atoms with E-state index in [0.29, 0.717) is 17.1 Å². The molecule has 12 heteroatoms. The highest BCUT2D eigenvalue weighted by Gasteiger charge is 2.39. The summed E-state index contributed by atoms with van der Waals surface area (Å²) in [4.78, 5) is 44.3. The quantitative estimate of drug-likeness (QED) is 0.230. The molecule has 0 radical (unpaired) electrons. The first-order valence-electron chi connectivity index (χ1n) is 9.53. The van der Waals surface area contributed by atoms with Crippen LogP contribution in [0.5, 0.6) is 0 Å². The van der Waals surface area contributed by atoms with Crippen LogP contribution in [0.1, 0.15) is 31.9 Å². The van der Waals surface area contributed by atoms with Crippen molar-refractivity contribution in [3.8, 4) is 0 Å². The number of dihydropyridines is 1. The molecule has 0 amide bonds. The molecule has 2 heterocycles. The molecular weight excluding hydrogens is 412 g/mol. The first-order chi connectivity index (χ1) is 14.8. The molecule has 2 rings (SSSR count). The summed E-state index contributed by atoms with van der Waals surface area (Å²) < 4.78 is 17.2. The predicted molar refractivity (Wildman–Crippen MR) is 106 cm³/mol. The zero-order valence-electron chi connectivity index (χ0n) is 17.9. The van der Waals surface area contributed by atoms with Crippen molar-refractivity contribution in [3.63, 3.8) is 0 Å². The number of nitrogens with zero attached hydrogens (tertiary/aromatic N) is 3. The number of carbonyl (C=O) groups is 2. The van der Waals surface area contributed by atoms with Gasteiger partial charge in [-0.2, -0.15) is 0 Å². The van der Waals surface area contributed by atoms with Crippen LogP contribution in [-0.2, 0) is 35.7 Å². The van der Waals surface area contributed by atoms with Gasteiger partial charge in [0.2, 0.25) is 0 Å². The van der Waals surface area contributed by atoms with Gasteiger partial charge >= 0.3 is 11.9 Å². The summed E-state index contributed by atoms with van der Waals surface area (Å²) in [7, 11) is 3.25. The van der Waals surface area contributed by atoms with Crippen LogP contribution in [-0.4, -0.2) is 60.1 Å². The molecule has 1 N–H and O–H groups in total. The number of aryl methyl sites for hydroxylation is 1. The molecule has 12 nitrogen and oxygen atoms in total. The number of esters is 2. The third-order valence-electron chi connectivity index (χ3n) is 4.59. The molecule has 0 saturated heterocycles. The van der Waals surface area contributed by atoms with E-state index in [1.807, 2.05) is 0 Å². The van der Waals surface area contributed by atoms with Crippen LogP contribution in [0.25, 0.3) is 0 Å². The van der Waals surface area contributed by atoms with Gasteiger partial charge in [-0.15, -0.1) is 10.1 Å². The number of allylic oxidation sites excluding steroid dienone is 2. The normalized spacial score (nSPS) is 16.1. The number of hydrogen-bond acceptors (Lipinski definition) is 10. The molecule has 1 aromatic rings. The molecule has 170 valence electrons. The molecule has 0 spiro atoms. The largest absolute Gasteiger partial charge is 0.462 e. The molecule has 0 fully saturated rings. The van der Waals surface area contributed by atoms with Gasteiger partial charge in [0.05, 0.1) is 43.2 Å². The van der Waals surface area contributed by atoms with E-state index in [0.717, 1.165) is 0 Å². The highest BCUT2D eigenvalue weighted by atomic mass is 16.9. The van der Waals surface area contributed by atoms with Crippen molar-refractivity contribution in [3.05, 3.63) is 50.9 Å². The number of rotatable bonds is 11. The maximum absolute atomic E-state index is 12.9. The van der Waals surface area contributed by atoms with Gasteiger partial charge < -0.3 is 28.9 Å². The average molecular weight is 438 g/mol. The molecular formula is C19H26N4O8. The SMILES string of the molecule is COCCOC(=O)C1=C(C)NC(C)=C(C(=O)OCCCO[N+](=O)[O-])C1c1cncn1C. The Hall–Kier alpha value is -3.41. The molecule has 31 heavy (non-hydrogen) atoms. The van der Waals surface area contributed by atoms with Gasteiger partial charge in [-0.3, -0.25) is 0 Å². The lowest BCUT2D eigenvalue weighted by Gasteiger charge is -2.30. The summed E-state index contributed by atoms with van der Waals surface area (Å²) in [5, 5.41) is 12.3. The number of imidazole rings is 1. The van der Waals surface area contributed by atoms with Crippen molar-refractivity contribution in [1.29, 1.82) is 0 Å². The highest BCUT2D eigenvalue weighted by molar-refractivity contribution is 5.99. The maximum atomic E-state index is 12.9. The summed E-state index contributed by atoms with van der Waals surface area (Å²) >= 11 is 0. The molecule has 1 unspecified atom stereocenters. The Morgan fingerprint density at radius 3 is 2.26 bits per heavy atom. The van der Waals surface area contributed by atoms with E-state index >= 15 is 0 Å². The van der Waals surface area contributed by atoms with Gasteiger partial charge in [-0.1, -0.05) is 0 Å². The molecule has 1 aliphatic rings. The minimum absolute atomic E-state index is 0.0587. The second kappa shape index (κ2) is 11.1. The second-order valence-electron chi connectivity index (χ2n) is 6.74. The minimum atomic E-state index is -0.910. The zero-order chi connectivity index (χ0) is 23.0. The van der Waals surface area contributed by atoms with Gasteiger partial charge in [0.1, 0.15) is 6.61 Å². The van der Waals surface area contributed by atoms with Crippen LogP contribution in [0.15, 0.2) is 35.1 Å². The smallest absolute Gasteiger partial charge is 0.336 e. The molecule has 1 aliphatic heterocycles. The Morgan fingerprint density at radius 2 is 1.74 bits per heavy atom. The van der Waals surface area contributed by atoms with Gasteiger partial charge in [0.25, 0.3) is 5.09 Å². The Labute approximate surface area is 178 Å². The fourth-order valence-electron chi connectivity index (χ4n) is 3.21. The monoisotopic (exact) mass is 438 g/mol. The number of hydrogen-bond donors (Lipinski definition) is 1. The third-order valence-corrected chi connectivity index (χ3v) is 4.59. The third kappa shape index (κ3) is 6.04. The van der Waals surface area contributed by atoms with Crippen molar-refractivity contribution < 1.29 is 33.7 Å². The highest BCUT2D eigenvalue weighted by Crippen LogP contribution is 2.38. The lowest BCUT2D eigenvalue weighted by atomic mass is 9.83. The van der Waals surface area contributed by atoms with Crippen molar-refractivity contribution in [2.45, 2.75) is 26.2 Å². The van der Waals surface area contributed by atoms with Gasteiger partial charge in [0.15, 0.2) is 0 Å². The van der Waals surface area contributed by atoms with Crippen LogP contribution in [0.4, 0.5) is 0 Å². The fourth-order valence-corrected chi connectivity index (χ4v) is 3.21. The summed E-state index contributed by atoms with van der Waals surface area (Å²) in [5.74, 6) is -2.02. The number of nitrogens with one attached hydrogen (secondary N) is 1. The number of methoxy groups -OCH3 is 1. The molecule has 0 bridgehead atoms. The van der Waals surface area contributed by atoms with Gasteiger partial charge in [0, 0.05) is 43.9 Å². The summed E-state index contributed by atoms with van der Waals surface area (Å²) in [6.45, 7) is 3.43. The first-order valence-corrected chi connectivity index (χ1v) is 9.53. The minimum Gasteiger partial charge on any atom is -0.462 e. The molecule has 0 aromatic carbocycles. The van der Waals surface area contributed by atoms with E-state index in [-0.39, 0.29) is 44.0 Å². The van der Waals surface area contributed by atoms with E-state index in [1.165, 1.54) is 7.11 Å². The standard InChI is InChI=1S/C19H26N4O8/c1-12-15(18(24)29-6-5-7-31-23(26)27)17(14-10-20-11-22(14)3)16(13(2)21-12)19(25)30-9-8-28-4/h10-11,17,21H,5-9H2,1-4H3. The van der Waals surface area contributed by atoms with Crippen LogP contribution < -0.4 is 5.32 Å². The van der Waals surface area contributed by atoms with Crippen molar-refractivity contribution in [2.24, 2.45) is 7.05 Å². The Balaban J connectivity index is 2.29. The Morgan fingerprint density at radius 1 is 1.13 bits per heavy atom. The van der Waals surface area contributed by atoms with Crippen LogP contribution in [0.3, 0.4) is 0 Å².